The van der Waals surface area contributed by atoms with Crippen LogP contribution in [0.1, 0.15) is 12.0 Å². The molecule has 0 bridgehead atoms. The Morgan fingerprint density at radius 3 is 2.55 bits per heavy atom. The molecule has 0 unspecified atom stereocenters. The molecular weight excluding hydrogens is 399 g/mol. The number of aliphatic hydroxyl groups excluding tert-OH is 4. The fraction of sp³-hybridized carbons (Fsp3) is 0.647. The van der Waals surface area contributed by atoms with Gasteiger partial charge in [-0.2, -0.15) is 13.2 Å². The van der Waals surface area contributed by atoms with Crippen molar-refractivity contribution in [3.63, 3.8) is 0 Å². The maximum absolute atomic E-state index is 13.0. The highest BCUT2D eigenvalue weighted by atomic mass is 19.4. The predicted octanol–water partition coefficient (Wildman–Crippen LogP) is -0.222. The van der Waals surface area contributed by atoms with Gasteiger partial charge in [0.25, 0.3) is 0 Å². The topological polar surface area (TPSA) is 127 Å². The molecule has 1 saturated carbocycles. The Bertz CT molecular complexity index is 749. The third-order valence-corrected chi connectivity index (χ3v) is 5.24. The minimum atomic E-state index is -4.63. The zero-order valence-corrected chi connectivity index (χ0v) is 15.4. The second kappa shape index (κ2) is 8.03. The smallest absolute Gasteiger partial charge is 0.396 e. The number of alkyl halides is 3. The summed E-state index contributed by atoms with van der Waals surface area (Å²) in [7, 11) is 1.43. The molecule has 9 nitrogen and oxygen atoms in total. The summed E-state index contributed by atoms with van der Waals surface area (Å²) in [4.78, 5) is 18.5. The van der Waals surface area contributed by atoms with Crippen molar-refractivity contribution in [1.82, 2.24) is 9.88 Å². The van der Waals surface area contributed by atoms with Crippen LogP contribution in [0.4, 0.5) is 23.8 Å². The number of nitrogens with zero attached hydrogens (tertiary/aromatic N) is 3. The van der Waals surface area contributed by atoms with Crippen molar-refractivity contribution in [2.45, 2.75) is 43.2 Å². The molecule has 3 rings (SSSR count). The van der Waals surface area contributed by atoms with Crippen LogP contribution in [0.5, 0.6) is 0 Å². The Kier molecular flexibility index (Phi) is 6.01. The molecule has 1 aliphatic heterocycles. The Morgan fingerprint density at radius 2 is 1.93 bits per heavy atom. The van der Waals surface area contributed by atoms with Gasteiger partial charge in [-0.3, -0.25) is 0 Å². The lowest BCUT2D eigenvalue weighted by atomic mass is 9.81. The molecular formula is C17H22F3N3O6. The molecule has 29 heavy (non-hydrogen) atoms. The summed E-state index contributed by atoms with van der Waals surface area (Å²) in [5.74, 6) is -1.04. The third kappa shape index (κ3) is 4.16. The monoisotopic (exact) mass is 421 g/mol. The second-order valence-electron chi connectivity index (χ2n) is 7.21. The molecule has 162 valence electrons. The van der Waals surface area contributed by atoms with Crippen molar-refractivity contribution < 1.29 is 43.1 Å². The van der Waals surface area contributed by atoms with E-state index in [1.807, 2.05) is 0 Å². The Morgan fingerprint density at radius 1 is 1.24 bits per heavy atom. The summed E-state index contributed by atoms with van der Waals surface area (Å²) in [5, 5.41) is 39.5. The van der Waals surface area contributed by atoms with E-state index in [4.69, 9.17) is 4.74 Å². The van der Waals surface area contributed by atoms with Crippen molar-refractivity contribution in [2.75, 3.05) is 25.1 Å². The van der Waals surface area contributed by atoms with E-state index >= 15 is 0 Å². The Hall–Kier alpha value is -1.99. The average molecular weight is 421 g/mol. The van der Waals surface area contributed by atoms with E-state index in [1.165, 1.54) is 11.9 Å². The molecule has 12 heteroatoms. The molecule has 1 aromatic rings. The molecule has 1 aromatic heterocycles. The van der Waals surface area contributed by atoms with Crippen molar-refractivity contribution >= 4 is 11.8 Å². The van der Waals surface area contributed by atoms with Crippen LogP contribution in [0.25, 0.3) is 0 Å². The predicted molar refractivity (Wildman–Crippen MR) is 91.6 cm³/mol. The van der Waals surface area contributed by atoms with Crippen molar-refractivity contribution in [3.05, 3.63) is 23.9 Å². The van der Waals surface area contributed by atoms with Crippen LogP contribution in [0, 0.1) is 5.92 Å². The molecule has 2 heterocycles. The van der Waals surface area contributed by atoms with Gasteiger partial charge in [0.15, 0.2) is 6.23 Å². The van der Waals surface area contributed by atoms with Gasteiger partial charge in [-0.1, -0.05) is 0 Å². The molecule has 2 fully saturated rings. The number of anilines is 1. The standard InChI is InChI=1S/C17H22F3N3O6/c1-22-6-12(29-10-4-8(7-24)13(25)15(27)14(10)26)23(16(22)28)11-5-9(2-3-21-11)17(18,19)20/h2-3,5,8,10,12-15,24-27H,4,6-7H2,1H3/t8-,10+,12+,13-,14+,15+/m1/s1. The second-order valence-corrected chi connectivity index (χ2v) is 7.21. The lowest BCUT2D eigenvalue weighted by molar-refractivity contribution is -0.188. The Balaban J connectivity index is 1.86. The number of halogens is 3. The minimum absolute atomic E-state index is 0.0197. The highest BCUT2D eigenvalue weighted by molar-refractivity contribution is 5.93. The number of rotatable bonds is 4. The minimum Gasteiger partial charge on any atom is -0.396 e. The van der Waals surface area contributed by atoms with Gasteiger partial charge in [-0.15, -0.1) is 0 Å². The number of carbonyl (C=O) groups is 1. The van der Waals surface area contributed by atoms with Crippen LogP contribution in [-0.4, -0.2) is 87.2 Å². The largest absolute Gasteiger partial charge is 0.416 e. The summed E-state index contributed by atoms with van der Waals surface area (Å²) in [5.41, 5.74) is -0.986. The van der Waals surface area contributed by atoms with Gasteiger partial charge in [0.05, 0.1) is 24.3 Å². The summed E-state index contributed by atoms with van der Waals surface area (Å²) in [6.45, 7) is -0.490. The van der Waals surface area contributed by atoms with E-state index in [0.29, 0.717) is 0 Å². The molecule has 2 aliphatic rings. The highest BCUT2D eigenvalue weighted by Gasteiger charge is 2.47. The number of amides is 2. The molecule has 6 atom stereocenters. The summed E-state index contributed by atoms with van der Waals surface area (Å²) in [6, 6.07) is 0.851. The van der Waals surface area contributed by atoms with Gasteiger partial charge in [0.2, 0.25) is 0 Å². The van der Waals surface area contributed by atoms with Crippen LogP contribution in [0.3, 0.4) is 0 Å². The first-order valence-electron chi connectivity index (χ1n) is 8.92. The van der Waals surface area contributed by atoms with Crippen LogP contribution in [0.2, 0.25) is 0 Å². The SMILES string of the molecule is CN1C[C@H](O[C@H]2C[C@H](CO)[C@@H](O)[C@H](O)[C@H]2O)N(c2cc(C(F)(F)F)ccn2)C1=O. The van der Waals surface area contributed by atoms with Crippen LogP contribution < -0.4 is 4.90 Å². The van der Waals surface area contributed by atoms with E-state index in [-0.39, 0.29) is 18.8 Å². The molecule has 1 aliphatic carbocycles. The lowest BCUT2D eigenvalue weighted by Crippen LogP contribution is -2.56. The van der Waals surface area contributed by atoms with E-state index < -0.39 is 60.9 Å². The number of carbonyl (C=O) groups excluding carboxylic acids is 1. The van der Waals surface area contributed by atoms with Crippen LogP contribution in [0.15, 0.2) is 18.3 Å². The zero-order chi connectivity index (χ0) is 21.5. The van der Waals surface area contributed by atoms with E-state index in [9.17, 15) is 38.4 Å². The first kappa shape index (κ1) is 21.7. The fourth-order valence-electron chi connectivity index (χ4n) is 3.58. The van der Waals surface area contributed by atoms with Gasteiger partial charge in [0.1, 0.15) is 18.0 Å². The zero-order valence-electron chi connectivity index (χ0n) is 15.4. The number of aliphatic hydroxyl groups is 4. The lowest BCUT2D eigenvalue weighted by Gasteiger charge is -2.41. The van der Waals surface area contributed by atoms with Crippen molar-refractivity contribution in [1.29, 1.82) is 0 Å². The van der Waals surface area contributed by atoms with Crippen LogP contribution in [-0.2, 0) is 10.9 Å². The molecule has 1 saturated heterocycles. The number of aromatic nitrogens is 1. The molecule has 0 aromatic carbocycles. The third-order valence-electron chi connectivity index (χ3n) is 5.24. The van der Waals surface area contributed by atoms with Crippen molar-refractivity contribution in [3.8, 4) is 0 Å². The highest BCUT2D eigenvalue weighted by Crippen LogP contribution is 2.34. The fourth-order valence-corrected chi connectivity index (χ4v) is 3.58. The van der Waals surface area contributed by atoms with E-state index in [0.717, 1.165) is 23.2 Å². The van der Waals surface area contributed by atoms with Gasteiger partial charge in [-0.25, -0.2) is 14.7 Å². The number of hydrogen-bond acceptors (Lipinski definition) is 7. The maximum Gasteiger partial charge on any atom is 0.416 e. The van der Waals surface area contributed by atoms with Crippen LogP contribution >= 0.6 is 0 Å². The Labute approximate surface area is 163 Å². The number of ether oxygens (including phenoxy) is 1. The van der Waals surface area contributed by atoms with Gasteiger partial charge in [0, 0.05) is 25.8 Å². The summed E-state index contributed by atoms with van der Waals surface area (Å²) < 4.78 is 44.8. The first-order valence-corrected chi connectivity index (χ1v) is 8.92. The normalized spacial score (nSPS) is 33.4. The van der Waals surface area contributed by atoms with Crippen molar-refractivity contribution in [2.24, 2.45) is 5.92 Å². The number of hydrogen-bond donors (Lipinski definition) is 4. The summed E-state index contributed by atoms with van der Waals surface area (Å²) >= 11 is 0. The molecule has 4 N–H and O–H groups in total. The molecule has 0 radical (unpaired) electrons. The van der Waals surface area contributed by atoms with E-state index in [2.05, 4.69) is 4.98 Å². The van der Waals surface area contributed by atoms with Gasteiger partial charge >= 0.3 is 12.2 Å². The summed E-state index contributed by atoms with van der Waals surface area (Å²) in [6.07, 6.45) is -10.3. The quantitative estimate of drug-likeness (QED) is 0.529. The number of likely N-dealkylation sites (N-methyl/N-ethyl adjacent to an activating group) is 1. The number of pyridine rings is 1. The van der Waals surface area contributed by atoms with Gasteiger partial charge in [-0.05, 0) is 18.6 Å². The van der Waals surface area contributed by atoms with Gasteiger partial charge < -0.3 is 30.1 Å². The van der Waals surface area contributed by atoms with E-state index in [1.54, 1.807) is 0 Å². The molecule has 0 spiro atoms. The number of urea groups is 1. The average Bonchev–Trinajstić information content (AvgIpc) is 2.95. The first-order chi connectivity index (χ1) is 13.5. The maximum atomic E-state index is 13.0. The molecule has 2 amide bonds.